The fourth-order valence-electron chi connectivity index (χ4n) is 9.05. The number of aliphatic hydroxyl groups excluding tert-OH is 5. The van der Waals surface area contributed by atoms with Gasteiger partial charge in [0.25, 0.3) is 0 Å². The van der Waals surface area contributed by atoms with Crippen molar-refractivity contribution < 1.29 is 49.3 Å². The molecule has 0 saturated carbocycles. The van der Waals surface area contributed by atoms with Gasteiger partial charge in [0.05, 0.1) is 25.4 Å². The molecule has 1 aliphatic rings. The number of aliphatic hydroxyl groups is 5. The van der Waals surface area contributed by atoms with E-state index in [0.29, 0.717) is 12.8 Å². The van der Waals surface area contributed by atoms with E-state index in [-0.39, 0.29) is 19.4 Å². The quantitative estimate of drug-likeness (QED) is 0.0195. The molecule has 1 amide bonds. The Bertz CT molecular complexity index is 1420. The SMILES string of the molecule is CCCC/C=C\CCCCCCCC(=O)OC1C(OCC(NC(=O)C(O)CCCCCCCCCCC/C=C\C/C=C\C/C=C\CCCCC)C(O)/C=C/CCCCCCCCCCC)OC(CO)C(O)C1O. The number of rotatable bonds is 50. The van der Waals surface area contributed by atoms with Crippen LogP contribution in [0.4, 0.5) is 0 Å². The van der Waals surface area contributed by atoms with Gasteiger partial charge in [0.2, 0.25) is 5.91 Å². The average molecular weight is 1030 g/mol. The molecule has 0 aliphatic carbocycles. The molecule has 0 aromatic carbocycles. The van der Waals surface area contributed by atoms with Gasteiger partial charge in [0, 0.05) is 6.42 Å². The summed E-state index contributed by atoms with van der Waals surface area (Å²) in [4.78, 5) is 26.4. The monoisotopic (exact) mass is 1030 g/mol. The Morgan fingerprint density at radius 3 is 1.49 bits per heavy atom. The van der Waals surface area contributed by atoms with Gasteiger partial charge in [-0.25, -0.2) is 0 Å². The molecule has 0 bridgehead atoms. The van der Waals surface area contributed by atoms with Crippen molar-refractivity contribution in [2.45, 2.75) is 307 Å². The van der Waals surface area contributed by atoms with Crippen LogP contribution in [-0.4, -0.2) is 99.6 Å². The minimum Gasteiger partial charge on any atom is -0.454 e. The van der Waals surface area contributed by atoms with Crippen LogP contribution < -0.4 is 5.32 Å². The van der Waals surface area contributed by atoms with E-state index in [1.165, 1.54) is 116 Å². The van der Waals surface area contributed by atoms with Crippen molar-refractivity contribution in [1.82, 2.24) is 5.32 Å². The van der Waals surface area contributed by atoms with Gasteiger partial charge in [0.1, 0.15) is 24.4 Å². The highest BCUT2D eigenvalue weighted by atomic mass is 16.7. The van der Waals surface area contributed by atoms with E-state index < -0.39 is 67.4 Å². The third-order valence-electron chi connectivity index (χ3n) is 13.9. The maximum atomic E-state index is 13.4. The molecule has 0 radical (unpaired) electrons. The number of unbranched alkanes of at least 4 members (excludes halogenated alkanes) is 28. The van der Waals surface area contributed by atoms with Crippen LogP contribution in [0.1, 0.15) is 258 Å². The molecule has 11 heteroatoms. The van der Waals surface area contributed by atoms with E-state index in [0.717, 1.165) is 96.3 Å². The highest BCUT2D eigenvalue weighted by Gasteiger charge is 2.47. The Labute approximate surface area is 446 Å². The maximum absolute atomic E-state index is 13.4. The molecule has 0 aromatic rings. The van der Waals surface area contributed by atoms with Crippen molar-refractivity contribution in [1.29, 1.82) is 0 Å². The van der Waals surface area contributed by atoms with E-state index in [1.807, 2.05) is 6.08 Å². The lowest BCUT2D eigenvalue weighted by Gasteiger charge is -2.41. The molecule has 8 atom stereocenters. The van der Waals surface area contributed by atoms with Crippen LogP contribution in [0.3, 0.4) is 0 Å². The second kappa shape index (κ2) is 50.2. The predicted octanol–water partition coefficient (Wildman–Crippen LogP) is 13.8. The number of carbonyl (C=O) groups excluding carboxylic acids is 2. The Morgan fingerprint density at radius 1 is 0.534 bits per heavy atom. The zero-order valence-electron chi connectivity index (χ0n) is 46.7. The molecule has 8 unspecified atom stereocenters. The van der Waals surface area contributed by atoms with Crippen LogP contribution in [0.5, 0.6) is 0 Å². The zero-order valence-corrected chi connectivity index (χ0v) is 46.7. The predicted molar refractivity (Wildman–Crippen MR) is 301 cm³/mol. The summed E-state index contributed by atoms with van der Waals surface area (Å²) < 4.78 is 17.5. The lowest BCUT2D eigenvalue weighted by Crippen LogP contribution is -2.61. The number of hydrogen-bond acceptors (Lipinski definition) is 10. The third-order valence-corrected chi connectivity index (χ3v) is 13.9. The van der Waals surface area contributed by atoms with Gasteiger partial charge in [-0.05, 0) is 83.5 Å². The van der Waals surface area contributed by atoms with Gasteiger partial charge in [-0.1, -0.05) is 229 Å². The molecule has 6 N–H and O–H groups in total. The molecule has 1 rings (SSSR count). The van der Waals surface area contributed by atoms with Crippen molar-refractivity contribution in [3.05, 3.63) is 60.8 Å². The summed E-state index contributed by atoms with van der Waals surface area (Å²) >= 11 is 0. The summed E-state index contributed by atoms with van der Waals surface area (Å²) in [7, 11) is 0. The first-order valence-corrected chi connectivity index (χ1v) is 30.1. The average Bonchev–Trinajstić information content (AvgIpc) is 3.39. The summed E-state index contributed by atoms with van der Waals surface area (Å²) in [5, 5.41) is 56.8. The standard InChI is InChI=1S/C62H111NO10/c1-4-7-10-13-16-19-22-23-24-25-26-27-28-29-30-31-32-35-37-40-43-46-49-55(66)61(70)63-53(54(65)48-45-42-39-36-33-20-17-14-11-8-5-2)52-71-62-60(59(69)58(68)56(51-64)72-62)73-57(67)50-47-44-41-38-34-21-18-15-12-9-6-3/h15-16,18-19,23-24,26-27,45,48,53-56,58-60,62,64-66,68-69H,4-14,17,20-22,25,28-44,46-47,49-52H2,1-3H3,(H,63,70)/b18-15-,19-16-,24-23-,27-26-,48-45+. The number of carbonyl (C=O) groups is 2. The second-order valence-corrected chi connectivity index (χ2v) is 20.7. The molecule has 1 heterocycles. The van der Waals surface area contributed by atoms with Crippen molar-refractivity contribution in [2.75, 3.05) is 13.2 Å². The van der Waals surface area contributed by atoms with Crippen LogP contribution in [0.25, 0.3) is 0 Å². The first-order chi connectivity index (χ1) is 35.7. The minimum absolute atomic E-state index is 0.112. The lowest BCUT2D eigenvalue weighted by atomic mass is 9.99. The second-order valence-electron chi connectivity index (χ2n) is 20.7. The highest BCUT2D eigenvalue weighted by molar-refractivity contribution is 5.80. The van der Waals surface area contributed by atoms with Gasteiger partial charge in [0.15, 0.2) is 12.4 Å². The normalized spacial score (nSPS) is 19.8. The number of amides is 1. The molecule has 424 valence electrons. The minimum atomic E-state index is -1.62. The zero-order chi connectivity index (χ0) is 53.3. The fourth-order valence-corrected chi connectivity index (χ4v) is 9.05. The molecule has 0 spiro atoms. The highest BCUT2D eigenvalue weighted by Crippen LogP contribution is 2.26. The number of hydrogen-bond donors (Lipinski definition) is 6. The molecular formula is C62H111NO10. The van der Waals surface area contributed by atoms with Crippen molar-refractivity contribution in [3.63, 3.8) is 0 Å². The van der Waals surface area contributed by atoms with Gasteiger partial charge in [-0.15, -0.1) is 0 Å². The summed E-state index contributed by atoms with van der Waals surface area (Å²) in [5.41, 5.74) is 0. The van der Waals surface area contributed by atoms with E-state index in [1.54, 1.807) is 6.08 Å². The third kappa shape index (κ3) is 38.5. The first-order valence-electron chi connectivity index (χ1n) is 30.1. The van der Waals surface area contributed by atoms with Crippen molar-refractivity contribution in [2.24, 2.45) is 0 Å². The Morgan fingerprint density at radius 2 is 0.959 bits per heavy atom. The van der Waals surface area contributed by atoms with E-state index >= 15 is 0 Å². The molecule has 11 nitrogen and oxygen atoms in total. The van der Waals surface area contributed by atoms with Crippen LogP contribution in [0.2, 0.25) is 0 Å². The van der Waals surface area contributed by atoms with E-state index in [4.69, 9.17) is 14.2 Å². The first kappa shape index (κ1) is 68.4. The van der Waals surface area contributed by atoms with E-state index in [9.17, 15) is 35.1 Å². The van der Waals surface area contributed by atoms with Crippen molar-refractivity contribution in [3.8, 4) is 0 Å². The van der Waals surface area contributed by atoms with Gasteiger partial charge < -0.3 is 45.1 Å². The van der Waals surface area contributed by atoms with E-state index in [2.05, 4.69) is 74.7 Å². The van der Waals surface area contributed by atoms with Crippen LogP contribution in [0, 0.1) is 0 Å². The topological polar surface area (TPSA) is 175 Å². The number of nitrogens with one attached hydrogen (secondary N) is 1. The molecule has 1 aliphatic heterocycles. The van der Waals surface area contributed by atoms with Gasteiger partial charge >= 0.3 is 5.97 Å². The molecule has 73 heavy (non-hydrogen) atoms. The smallest absolute Gasteiger partial charge is 0.306 e. The van der Waals surface area contributed by atoms with Crippen molar-refractivity contribution >= 4 is 11.9 Å². The maximum Gasteiger partial charge on any atom is 0.306 e. The molecule has 0 aromatic heterocycles. The lowest BCUT2D eigenvalue weighted by molar-refractivity contribution is -0.305. The van der Waals surface area contributed by atoms with Crippen LogP contribution in [-0.2, 0) is 23.8 Å². The van der Waals surface area contributed by atoms with Gasteiger partial charge in [-0.3, -0.25) is 9.59 Å². The Kier molecular flexibility index (Phi) is 47.0. The number of esters is 1. The fraction of sp³-hybridized carbons (Fsp3) is 0.806. The van der Waals surface area contributed by atoms with Crippen LogP contribution in [0.15, 0.2) is 60.8 Å². The summed E-state index contributed by atoms with van der Waals surface area (Å²) in [6.07, 6.45) is 51.3. The number of ether oxygens (including phenoxy) is 3. The summed E-state index contributed by atoms with van der Waals surface area (Å²) in [6.45, 7) is 5.70. The Balaban J connectivity index is 2.65. The van der Waals surface area contributed by atoms with Gasteiger partial charge in [-0.2, -0.15) is 0 Å². The number of allylic oxidation sites excluding steroid dienone is 9. The van der Waals surface area contributed by atoms with Crippen LogP contribution >= 0.6 is 0 Å². The largest absolute Gasteiger partial charge is 0.454 e. The summed E-state index contributed by atoms with van der Waals surface area (Å²) in [5.74, 6) is -1.21. The molecular weight excluding hydrogens is 919 g/mol. The molecule has 1 saturated heterocycles. The summed E-state index contributed by atoms with van der Waals surface area (Å²) in [6, 6.07) is -1.03. The molecule has 1 fully saturated rings. The Hall–Kier alpha value is -2.64.